The molecule has 0 spiro atoms. The summed E-state index contributed by atoms with van der Waals surface area (Å²) in [4.78, 5) is 3.05. The first kappa shape index (κ1) is 14.2. The van der Waals surface area contributed by atoms with E-state index < -0.39 is 10.0 Å². The Morgan fingerprint density at radius 1 is 1.53 bits per heavy atom. The SMILES string of the molecule is CCOCCN(C)S(=O)(=O)c1c[nH]c(CN)c1. The number of likely N-dealkylation sites (N-methyl/N-ethyl adjacent to an activating group) is 1. The van der Waals surface area contributed by atoms with Gasteiger partial charge in [0, 0.05) is 38.6 Å². The zero-order valence-electron chi connectivity index (χ0n) is 10.1. The van der Waals surface area contributed by atoms with Crippen LogP contribution in [0, 0.1) is 0 Å². The van der Waals surface area contributed by atoms with E-state index in [0.717, 1.165) is 0 Å². The van der Waals surface area contributed by atoms with Gasteiger partial charge in [0.05, 0.1) is 11.5 Å². The predicted molar refractivity (Wildman–Crippen MR) is 65.0 cm³/mol. The summed E-state index contributed by atoms with van der Waals surface area (Å²) >= 11 is 0. The van der Waals surface area contributed by atoms with Crippen molar-refractivity contribution in [2.24, 2.45) is 5.73 Å². The molecule has 0 unspecified atom stereocenters. The van der Waals surface area contributed by atoms with E-state index in [1.165, 1.54) is 17.5 Å². The van der Waals surface area contributed by atoms with Gasteiger partial charge in [-0.1, -0.05) is 0 Å². The van der Waals surface area contributed by atoms with Crippen LogP contribution in [0.3, 0.4) is 0 Å². The number of hydrogen-bond donors (Lipinski definition) is 2. The standard InChI is InChI=1S/C10H19N3O3S/c1-3-16-5-4-13(2)17(14,15)10-6-9(7-11)12-8-10/h6,8,12H,3-5,7,11H2,1-2H3. The summed E-state index contributed by atoms with van der Waals surface area (Å²) < 4.78 is 30.5. The first-order valence-electron chi connectivity index (χ1n) is 5.43. The number of H-pyrrole nitrogens is 1. The van der Waals surface area contributed by atoms with Crippen molar-refractivity contribution in [2.45, 2.75) is 18.4 Å². The molecule has 1 aromatic heterocycles. The highest BCUT2D eigenvalue weighted by Gasteiger charge is 2.21. The molecule has 0 bridgehead atoms. The van der Waals surface area contributed by atoms with Crippen molar-refractivity contribution in [3.8, 4) is 0 Å². The minimum absolute atomic E-state index is 0.233. The van der Waals surface area contributed by atoms with Crippen molar-refractivity contribution in [3.05, 3.63) is 18.0 Å². The summed E-state index contributed by atoms with van der Waals surface area (Å²) in [6.07, 6.45) is 1.45. The average Bonchev–Trinajstić information content (AvgIpc) is 2.78. The maximum absolute atomic E-state index is 12.1. The molecular weight excluding hydrogens is 242 g/mol. The molecule has 6 nitrogen and oxygen atoms in total. The molecule has 17 heavy (non-hydrogen) atoms. The summed E-state index contributed by atoms with van der Waals surface area (Å²) in [5, 5.41) is 0. The molecule has 98 valence electrons. The zero-order chi connectivity index (χ0) is 12.9. The number of rotatable bonds is 7. The summed E-state index contributed by atoms with van der Waals surface area (Å²) in [5.74, 6) is 0. The molecule has 0 aliphatic carbocycles. The molecule has 0 radical (unpaired) electrons. The molecule has 7 heteroatoms. The number of hydrogen-bond acceptors (Lipinski definition) is 4. The van der Waals surface area contributed by atoms with E-state index in [1.807, 2.05) is 6.92 Å². The fraction of sp³-hybridized carbons (Fsp3) is 0.600. The molecule has 0 saturated carbocycles. The Bertz CT molecular complexity index is 441. The Morgan fingerprint density at radius 2 is 2.24 bits per heavy atom. The van der Waals surface area contributed by atoms with Crippen molar-refractivity contribution in [2.75, 3.05) is 26.8 Å². The molecule has 3 N–H and O–H groups in total. The lowest BCUT2D eigenvalue weighted by Crippen LogP contribution is -2.30. The summed E-state index contributed by atoms with van der Waals surface area (Å²) in [7, 11) is -1.91. The van der Waals surface area contributed by atoms with E-state index in [9.17, 15) is 8.42 Å². The van der Waals surface area contributed by atoms with Gasteiger partial charge in [0.2, 0.25) is 10.0 Å². The van der Waals surface area contributed by atoms with Crippen LogP contribution in [0.15, 0.2) is 17.2 Å². The van der Waals surface area contributed by atoms with Crippen molar-refractivity contribution in [3.63, 3.8) is 0 Å². The third-order valence-corrected chi connectivity index (χ3v) is 4.23. The van der Waals surface area contributed by atoms with Gasteiger partial charge < -0.3 is 15.5 Å². The fourth-order valence-electron chi connectivity index (χ4n) is 1.32. The maximum Gasteiger partial charge on any atom is 0.244 e. The van der Waals surface area contributed by atoms with E-state index in [0.29, 0.717) is 25.5 Å². The van der Waals surface area contributed by atoms with Crippen LogP contribution in [0.5, 0.6) is 0 Å². The van der Waals surface area contributed by atoms with E-state index in [-0.39, 0.29) is 11.4 Å². The second kappa shape index (κ2) is 6.15. The van der Waals surface area contributed by atoms with Gasteiger partial charge in [-0.25, -0.2) is 8.42 Å². The first-order chi connectivity index (χ1) is 8.02. The fourth-order valence-corrected chi connectivity index (χ4v) is 2.50. The normalized spacial score (nSPS) is 12.2. The van der Waals surface area contributed by atoms with Gasteiger partial charge in [0.1, 0.15) is 0 Å². The molecule has 1 rings (SSSR count). The monoisotopic (exact) mass is 261 g/mol. The molecular formula is C10H19N3O3S. The third-order valence-electron chi connectivity index (χ3n) is 2.40. The van der Waals surface area contributed by atoms with Crippen LogP contribution in [-0.2, 0) is 21.3 Å². The smallest absolute Gasteiger partial charge is 0.244 e. The van der Waals surface area contributed by atoms with Gasteiger partial charge in [-0.05, 0) is 13.0 Å². The highest BCUT2D eigenvalue weighted by molar-refractivity contribution is 7.89. The molecule has 0 fully saturated rings. The lowest BCUT2D eigenvalue weighted by atomic mass is 10.4. The molecule has 0 aliphatic heterocycles. The number of aromatic amines is 1. The van der Waals surface area contributed by atoms with Crippen molar-refractivity contribution in [1.82, 2.24) is 9.29 Å². The molecule has 0 aliphatic rings. The second-order valence-electron chi connectivity index (χ2n) is 3.59. The predicted octanol–water partition coefficient (Wildman–Crippen LogP) is 0.130. The lowest BCUT2D eigenvalue weighted by molar-refractivity contribution is 0.138. The highest BCUT2D eigenvalue weighted by Crippen LogP contribution is 2.14. The highest BCUT2D eigenvalue weighted by atomic mass is 32.2. The number of nitrogens with one attached hydrogen (secondary N) is 1. The average molecular weight is 261 g/mol. The molecule has 0 aromatic carbocycles. The van der Waals surface area contributed by atoms with Crippen LogP contribution in [-0.4, -0.2) is 44.5 Å². The Kier molecular flexibility index (Phi) is 5.13. The van der Waals surface area contributed by atoms with E-state index >= 15 is 0 Å². The van der Waals surface area contributed by atoms with Crippen molar-refractivity contribution in [1.29, 1.82) is 0 Å². The van der Waals surface area contributed by atoms with Gasteiger partial charge in [-0.15, -0.1) is 0 Å². The summed E-state index contributed by atoms with van der Waals surface area (Å²) in [5.41, 5.74) is 6.12. The summed E-state index contributed by atoms with van der Waals surface area (Å²) in [6.45, 7) is 3.46. The summed E-state index contributed by atoms with van der Waals surface area (Å²) in [6, 6.07) is 1.55. The minimum atomic E-state index is -3.44. The van der Waals surface area contributed by atoms with Crippen LogP contribution in [0.1, 0.15) is 12.6 Å². The molecule has 1 aromatic rings. The molecule has 0 atom stereocenters. The van der Waals surface area contributed by atoms with Gasteiger partial charge in [-0.3, -0.25) is 0 Å². The Balaban J connectivity index is 2.73. The number of ether oxygens (including phenoxy) is 1. The molecule has 0 saturated heterocycles. The Labute approximate surface area is 102 Å². The minimum Gasteiger partial charge on any atom is -0.380 e. The number of nitrogens with two attached hydrogens (primary N) is 1. The van der Waals surface area contributed by atoms with Crippen LogP contribution < -0.4 is 5.73 Å². The number of sulfonamides is 1. The Morgan fingerprint density at radius 3 is 2.76 bits per heavy atom. The topological polar surface area (TPSA) is 88.4 Å². The zero-order valence-corrected chi connectivity index (χ0v) is 11.0. The van der Waals surface area contributed by atoms with Gasteiger partial charge in [0.25, 0.3) is 0 Å². The van der Waals surface area contributed by atoms with Crippen LogP contribution in [0.25, 0.3) is 0 Å². The largest absolute Gasteiger partial charge is 0.380 e. The first-order valence-corrected chi connectivity index (χ1v) is 6.87. The second-order valence-corrected chi connectivity index (χ2v) is 5.63. The van der Waals surface area contributed by atoms with Gasteiger partial charge in [-0.2, -0.15) is 4.31 Å². The van der Waals surface area contributed by atoms with E-state index in [1.54, 1.807) is 6.07 Å². The van der Waals surface area contributed by atoms with E-state index in [2.05, 4.69) is 4.98 Å². The molecule has 1 heterocycles. The van der Waals surface area contributed by atoms with Crippen LogP contribution in [0.2, 0.25) is 0 Å². The van der Waals surface area contributed by atoms with E-state index in [4.69, 9.17) is 10.5 Å². The third kappa shape index (κ3) is 3.53. The quantitative estimate of drug-likeness (QED) is 0.683. The van der Waals surface area contributed by atoms with Crippen molar-refractivity contribution < 1.29 is 13.2 Å². The van der Waals surface area contributed by atoms with Crippen LogP contribution >= 0.6 is 0 Å². The molecule has 0 amide bonds. The van der Waals surface area contributed by atoms with Gasteiger partial charge in [0.15, 0.2) is 0 Å². The number of aromatic nitrogens is 1. The lowest BCUT2D eigenvalue weighted by Gasteiger charge is -2.15. The maximum atomic E-state index is 12.1. The number of nitrogens with zero attached hydrogens (tertiary/aromatic N) is 1. The van der Waals surface area contributed by atoms with Crippen molar-refractivity contribution >= 4 is 10.0 Å². The van der Waals surface area contributed by atoms with Crippen LogP contribution in [0.4, 0.5) is 0 Å². The Hall–Kier alpha value is -0.890. The van der Waals surface area contributed by atoms with Gasteiger partial charge >= 0.3 is 0 Å².